The molecule has 0 aliphatic rings. The third-order valence-corrected chi connectivity index (χ3v) is 3.37. The zero-order chi connectivity index (χ0) is 12.5. The van der Waals surface area contributed by atoms with E-state index in [1.165, 1.54) is 32.1 Å². The standard InChI is InChI=1S/C13H23ClN2O/c1-3-5-6-7-8-9-10-12-15-13(16-17-12)11(14)4-2/h11H,3-10H2,1-2H3. The van der Waals surface area contributed by atoms with Gasteiger partial charge in [0.05, 0.1) is 5.38 Å². The molecule has 98 valence electrons. The van der Waals surface area contributed by atoms with E-state index in [9.17, 15) is 0 Å². The van der Waals surface area contributed by atoms with Crippen molar-refractivity contribution in [3.8, 4) is 0 Å². The number of unbranched alkanes of at least 4 members (excludes halogenated alkanes) is 5. The van der Waals surface area contributed by atoms with E-state index in [2.05, 4.69) is 17.1 Å². The summed E-state index contributed by atoms with van der Waals surface area (Å²) in [6, 6.07) is 0. The molecule has 0 radical (unpaired) electrons. The number of aryl methyl sites for hydroxylation is 1. The number of nitrogens with zero attached hydrogens (tertiary/aromatic N) is 2. The Morgan fingerprint density at radius 1 is 1.12 bits per heavy atom. The first-order valence-electron chi connectivity index (χ1n) is 6.74. The fourth-order valence-electron chi connectivity index (χ4n) is 1.74. The van der Waals surface area contributed by atoms with Crippen LogP contribution in [0.5, 0.6) is 0 Å². The number of rotatable bonds is 9. The average molecular weight is 259 g/mol. The SMILES string of the molecule is CCCCCCCCc1nc(C(Cl)CC)no1. The van der Waals surface area contributed by atoms with E-state index in [-0.39, 0.29) is 5.38 Å². The van der Waals surface area contributed by atoms with Crippen LogP contribution in [0.3, 0.4) is 0 Å². The third-order valence-electron chi connectivity index (χ3n) is 2.87. The van der Waals surface area contributed by atoms with Gasteiger partial charge < -0.3 is 4.52 Å². The molecular formula is C13H23ClN2O. The molecule has 0 aliphatic heterocycles. The van der Waals surface area contributed by atoms with Crippen LogP contribution in [-0.4, -0.2) is 10.1 Å². The van der Waals surface area contributed by atoms with Crippen molar-refractivity contribution in [1.82, 2.24) is 10.1 Å². The third kappa shape index (κ3) is 5.53. The molecule has 1 unspecified atom stereocenters. The van der Waals surface area contributed by atoms with Crippen molar-refractivity contribution in [2.24, 2.45) is 0 Å². The van der Waals surface area contributed by atoms with Gasteiger partial charge in [-0.15, -0.1) is 11.6 Å². The maximum Gasteiger partial charge on any atom is 0.226 e. The maximum atomic E-state index is 6.04. The van der Waals surface area contributed by atoms with Crippen molar-refractivity contribution in [2.45, 2.75) is 70.6 Å². The molecule has 1 aromatic rings. The van der Waals surface area contributed by atoms with Crippen molar-refractivity contribution in [1.29, 1.82) is 0 Å². The molecule has 0 saturated heterocycles. The monoisotopic (exact) mass is 258 g/mol. The maximum absolute atomic E-state index is 6.04. The molecule has 0 aromatic carbocycles. The van der Waals surface area contributed by atoms with Gasteiger partial charge in [-0.1, -0.05) is 51.1 Å². The van der Waals surface area contributed by atoms with Gasteiger partial charge in [0.1, 0.15) is 0 Å². The molecule has 4 heteroatoms. The summed E-state index contributed by atoms with van der Waals surface area (Å²) in [5.41, 5.74) is 0. The van der Waals surface area contributed by atoms with Crippen LogP contribution >= 0.6 is 11.6 Å². The smallest absolute Gasteiger partial charge is 0.226 e. The van der Waals surface area contributed by atoms with E-state index in [4.69, 9.17) is 16.1 Å². The van der Waals surface area contributed by atoms with E-state index in [1.807, 2.05) is 6.92 Å². The van der Waals surface area contributed by atoms with Gasteiger partial charge in [-0.2, -0.15) is 4.98 Å². The first-order valence-corrected chi connectivity index (χ1v) is 7.18. The Morgan fingerprint density at radius 2 is 1.82 bits per heavy atom. The topological polar surface area (TPSA) is 38.9 Å². The van der Waals surface area contributed by atoms with Crippen molar-refractivity contribution in [2.75, 3.05) is 0 Å². The first-order chi connectivity index (χ1) is 8.27. The van der Waals surface area contributed by atoms with Gasteiger partial charge in [0.2, 0.25) is 5.89 Å². The zero-order valence-electron chi connectivity index (χ0n) is 10.9. The summed E-state index contributed by atoms with van der Waals surface area (Å²) in [6.45, 7) is 4.25. The van der Waals surface area contributed by atoms with Gasteiger partial charge in [0.25, 0.3) is 0 Å². The molecule has 0 fully saturated rings. The van der Waals surface area contributed by atoms with Gasteiger partial charge in [-0.3, -0.25) is 0 Å². The Hall–Kier alpha value is -0.570. The number of hydrogen-bond donors (Lipinski definition) is 0. The van der Waals surface area contributed by atoms with Crippen molar-refractivity contribution in [3.05, 3.63) is 11.7 Å². The first kappa shape index (κ1) is 14.5. The molecule has 3 nitrogen and oxygen atoms in total. The van der Waals surface area contributed by atoms with Gasteiger partial charge >= 0.3 is 0 Å². The lowest BCUT2D eigenvalue weighted by molar-refractivity contribution is 0.367. The van der Waals surface area contributed by atoms with Crippen LogP contribution in [0.15, 0.2) is 4.52 Å². The van der Waals surface area contributed by atoms with Gasteiger partial charge in [-0.25, -0.2) is 0 Å². The number of aromatic nitrogens is 2. The van der Waals surface area contributed by atoms with Crippen molar-refractivity contribution < 1.29 is 4.52 Å². The molecule has 1 aromatic heterocycles. The highest BCUT2D eigenvalue weighted by molar-refractivity contribution is 6.20. The van der Waals surface area contributed by atoms with E-state index < -0.39 is 0 Å². The van der Waals surface area contributed by atoms with Crippen LogP contribution in [0.4, 0.5) is 0 Å². The summed E-state index contributed by atoms with van der Waals surface area (Å²) >= 11 is 6.04. The van der Waals surface area contributed by atoms with Crippen LogP contribution in [0.25, 0.3) is 0 Å². The van der Waals surface area contributed by atoms with E-state index in [0.717, 1.165) is 25.2 Å². The van der Waals surface area contributed by atoms with Crippen molar-refractivity contribution in [3.63, 3.8) is 0 Å². The minimum atomic E-state index is -0.114. The Balaban J connectivity index is 2.16. The minimum absolute atomic E-state index is 0.114. The molecule has 0 amide bonds. The lowest BCUT2D eigenvalue weighted by Gasteiger charge is -1.98. The summed E-state index contributed by atoms with van der Waals surface area (Å²) in [7, 11) is 0. The Kier molecular flexibility index (Phi) is 7.25. The van der Waals surface area contributed by atoms with Crippen LogP contribution in [0, 0.1) is 0 Å². The second-order valence-corrected chi connectivity index (χ2v) is 4.97. The number of alkyl halides is 1. The fourth-order valence-corrected chi connectivity index (χ4v) is 1.82. The average Bonchev–Trinajstić information content (AvgIpc) is 2.81. The molecule has 0 bridgehead atoms. The number of hydrogen-bond acceptors (Lipinski definition) is 3. The van der Waals surface area contributed by atoms with Crippen molar-refractivity contribution >= 4 is 11.6 Å². The predicted molar refractivity (Wildman–Crippen MR) is 70.3 cm³/mol. The van der Waals surface area contributed by atoms with Gasteiger partial charge in [0, 0.05) is 6.42 Å². The lowest BCUT2D eigenvalue weighted by Crippen LogP contribution is -1.92. The Morgan fingerprint density at radius 3 is 2.53 bits per heavy atom. The summed E-state index contributed by atoms with van der Waals surface area (Å²) in [6.07, 6.45) is 9.37. The summed E-state index contributed by atoms with van der Waals surface area (Å²) in [4.78, 5) is 4.31. The highest BCUT2D eigenvalue weighted by Crippen LogP contribution is 2.20. The second kappa shape index (κ2) is 8.51. The van der Waals surface area contributed by atoms with Crippen LogP contribution < -0.4 is 0 Å². The molecule has 0 N–H and O–H groups in total. The molecule has 1 rings (SSSR count). The molecular weight excluding hydrogens is 236 g/mol. The highest BCUT2D eigenvalue weighted by atomic mass is 35.5. The number of halogens is 1. The largest absolute Gasteiger partial charge is 0.339 e. The molecule has 0 saturated carbocycles. The zero-order valence-corrected chi connectivity index (χ0v) is 11.7. The van der Waals surface area contributed by atoms with Crippen LogP contribution in [0.1, 0.15) is 75.9 Å². The Labute approximate surface area is 109 Å². The highest BCUT2D eigenvalue weighted by Gasteiger charge is 2.13. The quantitative estimate of drug-likeness (QED) is 0.478. The molecule has 1 heterocycles. The summed E-state index contributed by atoms with van der Waals surface area (Å²) in [5.74, 6) is 1.37. The minimum Gasteiger partial charge on any atom is -0.339 e. The van der Waals surface area contributed by atoms with E-state index in [0.29, 0.717) is 5.82 Å². The molecule has 17 heavy (non-hydrogen) atoms. The van der Waals surface area contributed by atoms with Crippen LogP contribution in [-0.2, 0) is 6.42 Å². The lowest BCUT2D eigenvalue weighted by atomic mass is 10.1. The van der Waals surface area contributed by atoms with Crippen LogP contribution in [0.2, 0.25) is 0 Å². The molecule has 1 atom stereocenters. The summed E-state index contributed by atoms with van der Waals surface area (Å²) < 4.78 is 5.17. The van der Waals surface area contributed by atoms with E-state index >= 15 is 0 Å². The molecule has 0 aliphatic carbocycles. The van der Waals surface area contributed by atoms with Gasteiger partial charge in [-0.05, 0) is 12.8 Å². The van der Waals surface area contributed by atoms with Gasteiger partial charge in [0.15, 0.2) is 5.82 Å². The fraction of sp³-hybridized carbons (Fsp3) is 0.846. The molecule has 0 spiro atoms. The normalized spacial score (nSPS) is 12.9. The van der Waals surface area contributed by atoms with E-state index in [1.54, 1.807) is 0 Å². The second-order valence-electron chi connectivity index (χ2n) is 4.44. The summed E-state index contributed by atoms with van der Waals surface area (Å²) in [5, 5.41) is 3.78. The predicted octanol–water partition coefficient (Wildman–Crippen LogP) is 4.66. The Bertz CT molecular complexity index is 301.